The van der Waals surface area contributed by atoms with E-state index in [4.69, 9.17) is 10.8 Å². The molecule has 1 aromatic heterocycles. The second-order valence-corrected chi connectivity index (χ2v) is 11.8. The Balaban J connectivity index is 1.52. The summed E-state index contributed by atoms with van der Waals surface area (Å²) in [7, 11) is 0. The van der Waals surface area contributed by atoms with Crippen LogP contribution in [0.1, 0.15) is 66.8 Å². The van der Waals surface area contributed by atoms with Crippen LogP contribution in [0.15, 0.2) is 30.3 Å². The summed E-state index contributed by atoms with van der Waals surface area (Å²) in [6.45, 7) is 3.50. The van der Waals surface area contributed by atoms with Gasteiger partial charge in [-0.3, -0.25) is 23.7 Å². The molecule has 1 aliphatic carbocycles. The number of carbonyl (C=O) groups excluding carboxylic acids is 3. The van der Waals surface area contributed by atoms with Gasteiger partial charge < -0.3 is 21.5 Å². The zero-order chi connectivity index (χ0) is 29.6. The first-order chi connectivity index (χ1) is 19.3. The molecular formula is C30H32F2N4O5. The number of benzene rings is 2. The van der Waals surface area contributed by atoms with Crippen LogP contribution in [0.3, 0.4) is 0 Å². The zero-order valence-electron chi connectivity index (χ0n) is 22.9. The third-order valence-electron chi connectivity index (χ3n) is 8.05. The molecule has 9 nitrogen and oxygen atoms in total. The van der Waals surface area contributed by atoms with Crippen LogP contribution in [0, 0.1) is 23.0 Å². The molecule has 5 N–H and O–H groups in total. The zero-order valence-corrected chi connectivity index (χ0v) is 22.9. The van der Waals surface area contributed by atoms with E-state index in [9.17, 15) is 23.6 Å². The molecule has 0 atom stereocenters. The van der Waals surface area contributed by atoms with Crippen molar-refractivity contribution in [2.24, 2.45) is 17.1 Å². The molecule has 1 saturated carbocycles. The van der Waals surface area contributed by atoms with E-state index in [1.807, 2.05) is 13.8 Å². The van der Waals surface area contributed by atoms with Gasteiger partial charge in [0.1, 0.15) is 18.2 Å². The highest BCUT2D eigenvalue weighted by Crippen LogP contribution is 2.44. The van der Waals surface area contributed by atoms with E-state index >= 15 is 4.39 Å². The number of hydrogen-bond acceptors (Lipinski definition) is 5. The molecule has 2 heterocycles. The van der Waals surface area contributed by atoms with E-state index in [1.54, 1.807) is 12.1 Å². The van der Waals surface area contributed by atoms with Crippen LogP contribution in [-0.2, 0) is 16.0 Å². The summed E-state index contributed by atoms with van der Waals surface area (Å²) < 4.78 is 31.4. The number of anilines is 1. The number of fused-ring (bicyclic) bond motifs is 3. The molecule has 2 aliphatic rings. The van der Waals surface area contributed by atoms with Crippen LogP contribution in [0.2, 0.25) is 0 Å². The monoisotopic (exact) mass is 566 g/mol. The van der Waals surface area contributed by atoms with Crippen molar-refractivity contribution in [3.8, 4) is 11.1 Å². The van der Waals surface area contributed by atoms with Gasteiger partial charge in [0.25, 0.3) is 5.91 Å². The highest BCUT2D eigenvalue weighted by Gasteiger charge is 2.36. The molecule has 1 aliphatic heterocycles. The number of nitrogens with zero attached hydrogens (tertiary/aromatic N) is 1. The van der Waals surface area contributed by atoms with Crippen molar-refractivity contribution in [3.63, 3.8) is 0 Å². The van der Waals surface area contributed by atoms with Crippen LogP contribution in [-0.4, -0.2) is 46.0 Å². The normalized spacial score (nSPS) is 20.0. The van der Waals surface area contributed by atoms with Crippen molar-refractivity contribution in [1.29, 1.82) is 0 Å². The minimum absolute atomic E-state index is 0.171. The summed E-state index contributed by atoms with van der Waals surface area (Å²) in [6, 6.07) is 6.85. The molecular weight excluding hydrogens is 534 g/mol. The van der Waals surface area contributed by atoms with Gasteiger partial charge in [0.2, 0.25) is 11.8 Å². The first kappa shape index (κ1) is 28.3. The van der Waals surface area contributed by atoms with E-state index in [1.165, 1.54) is 22.8 Å². The number of carbonyl (C=O) groups is 4. The Kier molecular flexibility index (Phi) is 7.31. The standard InChI is InChI=1S/C30H32F2N4O5/c1-30(2)12-23-26(19-8-5-17(31)11-22(19)36(23)24(37)13-30)16-9-20(32)27(28(33)40)21(10-16)35-18-6-3-15(4-7-18)29(41)34-14-25(38)39/h5,8-11,15,18,35H,3-4,6-7,12-14H2,1-2H3,(H2,33,40)(H,34,41)(H,38,39). The van der Waals surface area contributed by atoms with Crippen molar-refractivity contribution < 1.29 is 33.1 Å². The van der Waals surface area contributed by atoms with Gasteiger partial charge in [-0.05, 0) is 73.4 Å². The molecule has 216 valence electrons. The van der Waals surface area contributed by atoms with Gasteiger partial charge in [-0.15, -0.1) is 0 Å². The van der Waals surface area contributed by atoms with E-state index < -0.39 is 30.1 Å². The summed E-state index contributed by atoms with van der Waals surface area (Å²) in [5.41, 5.74) is 7.18. The molecule has 0 bridgehead atoms. The van der Waals surface area contributed by atoms with E-state index in [-0.39, 0.29) is 46.9 Å². The molecule has 2 amide bonds. The number of amides is 2. The number of primary amides is 1. The van der Waals surface area contributed by atoms with Crippen molar-refractivity contribution in [2.75, 3.05) is 11.9 Å². The van der Waals surface area contributed by atoms with Crippen LogP contribution < -0.4 is 16.4 Å². The lowest BCUT2D eigenvalue weighted by atomic mass is 9.80. The van der Waals surface area contributed by atoms with E-state index in [0.717, 1.165) is 0 Å². The Morgan fingerprint density at radius 1 is 1.07 bits per heavy atom. The average Bonchev–Trinajstić information content (AvgIpc) is 3.19. The lowest BCUT2D eigenvalue weighted by Crippen LogP contribution is -2.38. The van der Waals surface area contributed by atoms with Crippen LogP contribution in [0.5, 0.6) is 0 Å². The van der Waals surface area contributed by atoms with Crippen LogP contribution in [0.25, 0.3) is 22.0 Å². The second kappa shape index (κ2) is 10.6. The number of carboxylic acids is 1. The summed E-state index contributed by atoms with van der Waals surface area (Å²) in [4.78, 5) is 48.6. The minimum atomic E-state index is -1.12. The number of halogens is 2. The topological polar surface area (TPSA) is 144 Å². The molecule has 0 saturated heterocycles. The maximum absolute atomic E-state index is 15.6. The fourth-order valence-electron chi connectivity index (χ4n) is 6.23. The second-order valence-electron chi connectivity index (χ2n) is 11.8. The van der Waals surface area contributed by atoms with Gasteiger partial charge in [-0.1, -0.05) is 13.8 Å². The summed E-state index contributed by atoms with van der Waals surface area (Å²) in [6.07, 6.45) is 2.80. The minimum Gasteiger partial charge on any atom is -0.480 e. The van der Waals surface area contributed by atoms with Crippen molar-refractivity contribution in [3.05, 3.63) is 53.2 Å². The van der Waals surface area contributed by atoms with E-state index in [2.05, 4.69) is 10.6 Å². The number of carboxylic acid groups (broad SMARTS) is 1. The van der Waals surface area contributed by atoms with Gasteiger partial charge in [-0.2, -0.15) is 0 Å². The predicted octanol–water partition coefficient (Wildman–Crippen LogP) is 4.47. The molecule has 3 aromatic rings. The van der Waals surface area contributed by atoms with Gasteiger partial charge in [0, 0.05) is 35.0 Å². The van der Waals surface area contributed by atoms with Gasteiger partial charge >= 0.3 is 5.97 Å². The number of aliphatic carboxylic acids is 1. The first-order valence-electron chi connectivity index (χ1n) is 13.6. The Morgan fingerprint density at radius 3 is 2.44 bits per heavy atom. The van der Waals surface area contributed by atoms with Crippen LogP contribution in [0.4, 0.5) is 14.5 Å². The Labute approximate surface area is 235 Å². The molecule has 1 fully saturated rings. The summed E-state index contributed by atoms with van der Waals surface area (Å²) in [5, 5.41) is 15.0. The lowest BCUT2D eigenvalue weighted by Gasteiger charge is -2.31. The number of rotatable bonds is 7. The predicted molar refractivity (Wildman–Crippen MR) is 149 cm³/mol. The number of nitrogens with one attached hydrogen (secondary N) is 2. The Morgan fingerprint density at radius 2 is 1.78 bits per heavy atom. The van der Waals surface area contributed by atoms with Crippen molar-refractivity contribution in [2.45, 2.75) is 58.4 Å². The maximum Gasteiger partial charge on any atom is 0.322 e. The van der Waals surface area contributed by atoms with Crippen molar-refractivity contribution >= 4 is 40.3 Å². The third-order valence-corrected chi connectivity index (χ3v) is 8.05. The van der Waals surface area contributed by atoms with Crippen molar-refractivity contribution in [1.82, 2.24) is 9.88 Å². The fourth-order valence-corrected chi connectivity index (χ4v) is 6.23. The average molecular weight is 567 g/mol. The maximum atomic E-state index is 15.6. The highest BCUT2D eigenvalue weighted by molar-refractivity contribution is 6.06. The molecule has 0 spiro atoms. The largest absolute Gasteiger partial charge is 0.480 e. The van der Waals surface area contributed by atoms with Crippen LogP contribution >= 0.6 is 0 Å². The Hall–Kier alpha value is -4.28. The van der Waals surface area contributed by atoms with Gasteiger partial charge in [-0.25, -0.2) is 8.78 Å². The highest BCUT2D eigenvalue weighted by atomic mass is 19.1. The van der Waals surface area contributed by atoms with Gasteiger partial charge in [0.15, 0.2) is 0 Å². The molecule has 5 rings (SSSR count). The third kappa shape index (κ3) is 5.53. The number of hydrogen-bond donors (Lipinski definition) is 4. The first-order valence-corrected chi connectivity index (χ1v) is 13.6. The lowest BCUT2D eigenvalue weighted by molar-refractivity contribution is -0.138. The Bertz CT molecular complexity index is 1590. The summed E-state index contributed by atoms with van der Waals surface area (Å²) >= 11 is 0. The van der Waals surface area contributed by atoms with E-state index in [0.29, 0.717) is 59.8 Å². The SMILES string of the molecule is CC1(C)CC(=O)n2c(c(-c3cc(F)c(C(N)=O)c(NC4CCC(C(=O)NCC(=O)O)CC4)c3)c3ccc(F)cc32)C1. The fraction of sp³-hybridized carbons (Fsp3) is 0.400. The molecule has 2 aromatic carbocycles. The quantitative estimate of drug-likeness (QED) is 0.332. The smallest absolute Gasteiger partial charge is 0.322 e. The molecule has 0 unspecified atom stereocenters. The number of nitrogens with two attached hydrogens (primary N) is 1. The molecule has 0 radical (unpaired) electrons. The number of aromatic nitrogens is 1. The molecule has 11 heteroatoms. The summed E-state index contributed by atoms with van der Waals surface area (Å²) in [5.74, 6) is -4.22. The molecule has 41 heavy (non-hydrogen) atoms. The van der Waals surface area contributed by atoms with Gasteiger partial charge in [0.05, 0.1) is 16.8 Å².